The van der Waals surface area contributed by atoms with Crippen molar-refractivity contribution in [1.29, 1.82) is 0 Å². The highest BCUT2D eigenvalue weighted by Crippen LogP contribution is 2.27. The minimum absolute atomic E-state index is 0.100. The molecule has 1 fully saturated rings. The molecule has 1 unspecified atom stereocenters. The molecule has 5 heteroatoms. The van der Waals surface area contributed by atoms with Crippen LogP contribution in [0.5, 0.6) is 0 Å². The van der Waals surface area contributed by atoms with E-state index in [1.165, 1.54) is 32.1 Å². The number of aromatic amines is 1. The molecule has 1 aromatic heterocycles. The Kier molecular flexibility index (Phi) is 4.23. The molecule has 1 amide bonds. The average molecular weight is 250 g/mol. The summed E-state index contributed by atoms with van der Waals surface area (Å²) in [5, 5.41) is 9.53. The number of anilines is 1. The average Bonchev–Trinajstić information content (AvgIpc) is 2.83. The molecule has 100 valence electrons. The first kappa shape index (κ1) is 12.9. The van der Waals surface area contributed by atoms with Crippen LogP contribution >= 0.6 is 0 Å². The number of nitrogens with zero attached hydrogens (tertiary/aromatic N) is 1. The zero-order chi connectivity index (χ0) is 13.0. The smallest absolute Gasteiger partial charge is 0.269 e. The summed E-state index contributed by atoms with van der Waals surface area (Å²) >= 11 is 0. The van der Waals surface area contributed by atoms with Crippen LogP contribution in [0, 0.1) is 5.92 Å². The van der Waals surface area contributed by atoms with Gasteiger partial charge in [0.25, 0.3) is 5.91 Å². The number of hydrogen-bond donors (Lipinski definition) is 3. The quantitative estimate of drug-likeness (QED) is 0.765. The molecule has 1 saturated carbocycles. The lowest BCUT2D eigenvalue weighted by molar-refractivity contribution is 0.0906. The third-order valence-corrected chi connectivity index (χ3v) is 3.82. The molecule has 1 heterocycles. The number of amides is 1. The third kappa shape index (κ3) is 3.03. The van der Waals surface area contributed by atoms with E-state index in [0.29, 0.717) is 17.4 Å². The van der Waals surface area contributed by atoms with Gasteiger partial charge in [-0.15, -0.1) is 0 Å². The molecule has 0 radical (unpaired) electrons. The number of rotatable bonds is 4. The van der Waals surface area contributed by atoms with Gasteiger partial charge in [-0.1, -0.05) is 26.2 Å². The normalized spacial score (nSPS) is 18.5. The van der Waals surface area contributed by atoms with Gasteiger partial charge in [0.2, 0.25) is 0 Å². The Balaban J connectivity index is 1.95. The van der Waals surface area contributed by atoms with Gasteiger partial charge in [0.1, 0.15) is 11.5 Å². The summed E-state index contributed by atoms with van der Waals surface area (Å²) in [5.41, 5.74) is 5.95. The number of aromatic nitrogens is 2. The standard InChI is InChI=1S/C13H22N4O/c1-2-10(9-6-4-3-5-7-9)15-13(18)11-8-12(14)17-16-11/h8-10H,2-7H2,1H3,(H,15,18)(H3,14,16,17). The Bertz CT molecular complexity index is 395. The topological polar surface area (TPSA) is 83.8 Å². The Hall–Kier alpha value is -1.52. The summed E-state index contributed by atoms with van der Waals surface area (Å²) in [6.07, 6.45) is 7.33. The van der Waals surface area contributed by atoms with E-state index in [1.54, 1.807) is 6.07 Å². The largest absolute Gasteiger partial charge is 0.382 e. The molecule has 4 N–H and O–H groups in total. The predicted octanol–water partition coefficient (Wildman–Crippen LogP) is 2.08. The number of nitrogens with one attached hydrogen (secondary N) is 2. The van der Waals surface area contributed by atoms with Gasteiger partial charge in [-0.2, -0.15) is 5.10 Å². The van der Waals surface area contributed by atoms with Crippen molar-refractivity contribution >= 4 is 11.7 Å². The molecule has 1 aliphatic rings. The first-order valence-corrected chi connectivity index (χ1v) is 6.82. The van der Waals surface area contributed by atoms with Crippen LogP contribution in [-0.4, -0.2) is 22.1 Å². The number of nitrogens with two attached hydrogens (primary N) is 1. The predicted molar refractivity (Wildman–Crippen MR) is 71.1 cm³/mol. The van der Waals surface area contributed by atoms with E-state index in [2.05, 4.69) is 22.4 Å². The van der Waals surface area contributed by atoms with Crippen molar-refractivity contribution < 1.29 is 4.79 Å². The van der Waals surface area contributed by atoms with Crippen molar-refractivity contribution in [3.05, 3.63) is 11.8 Å². The molecular weight excluding hydrogens is 228 g/mol. The molecule has 0 bridgehead atoms. The molecule has 18 heavy (non-hydrogen) atoms. The molecule has 1 aliphatic carbocycles. The van der Waals surface area contributed by atoms with Gasteiger partial charge >= 0.3 is 0 Å². The Morgan fingerprint density at radius 3 is 2.83 bits per heavy atom. The van der Waals surface area contributed by atoms with Gasteiger partial charge in [0.15, 0.2) is 0 Å². The molecule has 1 atom stereocenters. The Morgan fingerprint density at radius 2 is 2.28 bits per heavy atom. The lowest BCUT2D eigenvalue weighted by Crippen LogP contribution is -2.40. The summed E-state index contributed by atoms with van der Waals surface area (Å²) in [6.45, 7) is 2.13. The maximum atomic E-state index is 12.0. The van der Waals surface area contributed by atoms with Crippen molar-refractivity contribution in [2.75, 3.05) is 5.73 Å². The van der Waals surface area contributed by atoms with Crippen molar-refractivity contribution in [2.45, 2.75) is 51.5 Å². The third-order valence-electron chi connectivity index (χ3n) is 3.82. The minimum atomic E-state index is -0.100. The molecule has 0 aliphatic heterocycles. The molecule has 0 saturated heterocycles. The zero-order valence-corrected chi connectivity index (χ0v) is 10.9. The Labute approximate surface area is 108 Å². The summed E-state index contributed by atoms with van der Waals surface area (Å²) in [5.74, 6) is 0.871. The van der Waals surface area contributed by atoms with Crippen LogP contribution in [0.2, 0.25) is 0 Å². The molecule has 0 aromatic carbocycles. The van der Waals surface area contributed by atoms with Crippen LogP contribution in [0.15, 0.2) is 6.07 Å². The van der Waals surface area contributed by atoms with E-state index in [1.807, 2.05) is 0 Å². The van der Waals surface area contributed by atoms with E-state index in [4.69, 9.17) is 5.73 Å². The second kappa shape index (κ2) is 5.89. The lowest BCUT2D eigenvalue weighted by Gasteiger charge is -2.30. The van der Waals surface area contributed by atoms with Crippen molar-refractivity contribution in [2.24, 2.45) is 5.92 Å². The maximum absolute atomic E-state index is 12.0. The Morgan fingerprint density at radius 1 is 1.56 bits per heavy atom. The highest BCUT2D eigenvalue weighted by molar-refractivity contribution is 5.93. The number of nitrogen functional groups attached to an aromatic ring is 1. The fraction of sp³-hybridized carbons (Fsp3) is 0.692. The summed E-state index contributed by atoms with van der Waals surface area (Å²) in [6, 6.07) is 1.84. The minimum Gasteiger partial charge on any atom is -0.382 e. The van der Waals surface area contributed by atoms with Gasteiger partial charge in [-0.3, -0.25) is 9.89 Å². The molecule has 2 rings (SSSR count). The summed E-state index contributed by atoms with van der Waals surface area (Å²) in [7, 11) is 0. The van der Waals surface area contributed by atoms with E-state index in [9.17, 15) is 4.79 Å². The highest BCUT2D eigenvalue weighted by atomic mass is 16.2. The van der Waals surface area contributed by atoms with Gasteiger partial charge in [0, 0.05) is 12.1 Å². The lowest BCUT2D eigenvalue weighted by atomic mass is 9.83. The number of carbonyl (C=O) groups is 1. The maximum Gasteiger partial charge on any atom is 0.269 e. The van der Waals surface area contributed by atoms with Crippen LogP contribution in [0.3, 0.4) is 0 Å². The molecular formula is C13H22N4O. The molecule has 5 nitrogen and oxygen atoms in total. The fourth-order valence-corrected chi connectivity index (χ4v) is 2.79. The van der Waals surface area contributed by atoms with E-state index < -0.39 is 0 Å². The number of hydrogen-bond acceptors (Lipinski definition) is 3. The van der Waals surface area contributed by atoms with Crippen LogP contribution < -0.4 is 11.1 Å². The fourth-order valence-electron chi connectivity index (χ4n) is 2.79. The van der Waals surface area contributed by atoms with E-state index in [0.717, 1.165) is 6.42 Å². The van der Waals surface area contributed by atoms with Crippen molar-refractivity contribution in [1.82, 2.24) is 15.5 Å². The second-order valence-corrected chi connectivity index (χ2v) is 5.09. The number of H-pyrrole nitrogens is 1. The summed E-state index contributed by atoms with van der Waals surface area (Å²) < 4.78 is 0. The molecule has 0 spiro atoms. The first-order chi connectivity index (χ1) is 8.70. The zero-order valence-electron chi connectivity index (χ0n) is 10.9. The highest BCUT2D eigenvalue weighted by Gasteiger charge is 2.24. The van der Waals surface area contributed by atoms with Crippen LogP contribution in [0.25, 0.3) is 0 Å². The van der Waals surface area contributed by atoms with Gasteiger partial charge < -0.3 is 11.1 Å². The van der Waals surface area contributed by atoms with Gasteiger partial charge in [-0.25, -0.2) is 0 Å². The van der Waals surface area contributed by atoms with Gasteiger partial charge in [0.05, 0.1) is 0 Å². The van der Waals surface area contributed by atoms with E-state index >= 15 is 0 Å². The van der Waals surface area contributed by atoms with Crippen molar-refractivity contribution in [3.63, 3.8) is 0 Å². The van der Waals surface area contributed by atoms with Crippen LogP contribution in [0.1, 0.15) is 55.9 Å². The first-order valence-electron chi connectivity index (χ1n) is 6.82. The summed E-state index contributed by atoms with van der Waals surface area (Å²) in [4.78, 5) is 12.0. The van der Waals surface area contributed by atoms with E-state index in [-0.39, 0.29) is 11.9 Å². The van der Waals surface area contributed by atoms with Crippen molar-refractivity contribution in [3.8, 4) is 0 Å². The molecule has 1 aromatic rings. The van der Waals surface area contributed by atoms with Gasteiger partial charge in [-0.05, 0) is 25.2 Å². The van der Waals surface area contributed by atoms with Crippen LogP contribution in [0.4, 0.5) is 5.82 Å². The SMILES string of the molecule is CCC(NC(=O)c1cc(N)n[nH]1)C1CCCCC1. The van der Waals surface area contributed by atoms with Crippen LogP contribution in [-0.2, 0) is 0 Å². The second-order valence-electron chi connectivity index (χ2n) is 5.09. The monoisotopic (exact) mass is 250 g/mol. The number of carbonyl (C=O) groups excluding carboxylic acids is 1.